The second kappa shape index (κ2) is 3.52. The van der Waals surface area contributed by atoms with E-state index in [9.17, 15) is 5.11 Å². The molecule has 0 saturated heterocycles. The Hall–Kier alpha value is -0.800. The Balaban J connectivity index is 2.05. The summed E-state index contributed by atoms with van der Waals surface area (Å²) in [5.41, 5.74) is 0. The van der Waals surface area contributed by atoms with Crippen LogP contribution >= 0.6 is 0 Å². The lowest BCUT2D eigenvalue weighted by Crippen LogP contribution is -2.22. The normalized spacial score (nSPS) is 21.4. The molecule has 2 unspecified atom stereocenters. The quantitative estimate of drug-likeness (QED) is 0.771. The van der Waals surface area contributed by atoms with Crippen molar-refractivity contribution < 1.29 is 14.3 Å². The summed E-state index contributed by atoms with van der Waals surface area (Å²) < 4.78 is 10.4. The van der Waals surface area contributed by atoms with Gasteiger partial charge in [0.1, 0.15) is 11.9 Å². The highest BCUT2D eigenvalue weighted by molar-refractivity contribution is 5.05. The summed E-state index contributed by atoms with van der Waals surface area (Å²) in [5, 5.41) is 9.86. The number of aliphatic hydroxyl groups excluding tert-OH is 1. The molecule has 0 aromatic carbocycles. The molecule has 2 atom stereocenters. The van der Waals surface area contributed by atoms with Crippen LogP contribution in [-0.4, -0.2) is 18.3 Å². The van der Waals surface area contributed by atoms with Crippen LogP contribution in [0.4, 0.5) is 0 Å². The smallest absolute Gasteiger partial charge is 0.138 e. The molecule has 1 saturated carbocycles. The van der Waals surface area contributed by atoms with E-state index in [1.807, 2.05) is 0 Å². The molecule has 0 radical (unpaired) electrons. The summed E-state index contributed by atoms with van der Waals surface area (Å²) in [7, 11) is 1.63. The van der Waals surface area contributed by atoms with Crippen molar-refractivity contribution in [3.05, 3.63) is 24.2 Å². The van der Waals surface area contributed by atoms with E-state index in [1.54, 1.807) is 25.5 Å². The average Bonchev–Trinajstić information content (AvgIpc) is 2.83. The Morgan fingerprint density at radius 2 is 2.38 bits per heavy atom. The van der Waals surface area contributed by atoms with Gasteiger partial charge >= 0.3 is 0 Å². The lowest BCUT2D eigenvalue weighted by molar-refractivity contribution is -0.0354. The van der Waals surface area contributed by atoms with Crippen LogP contribution in [-0.2, 0) is 4.74 Å². The Morgan fingerprint density at radius 3 is 2.85 bits per heavy atom. The molecule has 1 aliphatic carbocycles. The Morgan fingerprint density at radius 1 is 1.62 bits per heavy atom. The fourth-order valence-electron chi connectivity index (χ4n) is 1.63. The molecule has 2 rings (SSSR count). The summed E-state index contributed by atoms with van der Waals surface area (Å²) in [6.07, 6.45) is 3.14. The topological polar surface area (TPSA) is 42.6 Å². The fourth-order valence-corrected chi connectivity index (χ4v) is 1.63. The standard InChI is InChI=1S/C10H14O3/c1-12-10(7-4-5-7)9(11)8-3-2-6-13-8/h2-3,6-7,9-11H,4-5H2,1H3. The second-order valence-corrected chi connectivity index (χ2v) is 3.50. The van der Waals surface area contributed by atoms with E-state index in [4.69, 9.17) is 9.15 Å². The van der Waals surface area contributed by atoms with Crippen molar-refractivity contribution in [1.29, 1.82) is 0 Å². The van der Waals surface area contributed by atoms with E-state index < -0.39 is 6.10 Å². The number of methoxy groups -OCH3 is 1. The van der Waals surface area contributed by atoms with Crippen LogP contribution in [0.2, 0.25) is 0 Å². The third kappa shape index (κ3) is 1.76. The van der Waals surface area contributed by atoms with Crippen molar-refractivity contribution in [2.24, 2.45) is 5.92 Å². The van der Waals surface area contributed by atoms with Gasteiger partial charge in [0.15, 0.2) is 0 Å². The molecule has 1 N–H and O–H groups in total. The molecular formula is C10H14O3. The maximum atomic E-state index is 9.86. The van der Waals surface area contributed by atoms with Crippen LogP contribution in [0, 0.1) is 5.92 Å². The molecule has 3 heteroatoms. The minimum Gasteiger partial charge on any atom is -0.466 e. The zero-order valence-electron chi connectivity index (χ0n) is 7.64. The van der Waals surface area contributed by atoms with Gasteiger partial charge in [-0.25, -0.2) is 0 Å². The van der Waals surface area contributed by atoms with Crippen molar-refractivity contribution in [2.45, 2.75) is 25.0 Å². The highest BCUT2D eigenvalue weighted by Gasteiger charge is 2.37. The predicted octanol–water partition coefficient (Wildman–Crippen LogP) is 1.74. The van der Waals surface area contributed by atoms with Crippen LogP contribution < -0.4 is 0 Å². The van der Waals surface area contributed by atoms with Gasteiger partial charge in [-0.05, 0) is 30.9 Å². The summed E-state index contributed by atoms with van der Waals surface area (Å²) in [4.78, 5) is 0. The zero-order chi connectivity index (χ0) is 9.26. The highest BCUT2D eigenvalue weighted by Crippen LogP contribution is 2.39. The third-order valence-electron chi connectivity index (χ3n) is 2.50. The van der Waals surface area contributed by atoms with Crippen LogP contribution in [0.5, 0.6) is 0 Å². The van der Waals surface area contributed by atoms with Crippen LogP contribution in [0.25, 0.3) is 0 Å². The zero-order valence-corrected chi connectivity index (χ0v) is 7.64. The lowest BCUT2D eigenvalue weighted by Gasteiger charge is -2.19. The van der Waals surface area contributed by atoms with E-state index in [2.05, 4.69) is 0 Å². The van der Waals surface area contributed by atoms with E-state index in [0.717, 1.165) is 12.8 Å². The first-order valence-corrected chi connectivity index (χ1v) is 4.57. The molecule has 1 aromatic rings. The van der Waals surface area contributed by atoms with Gasteiger partial charge in [0.25, 0.3) is 0 Å². The highest BCUT2D eigenvalue weighted by atomic mass is 16.5. The molecule has 3 nitrogen and oxygen atoms in total. The van der Waals surface area contributed by atoms with Gasteiger partial charge in [0, 0.05) is 7.11 Å². The van der Waals surface area contributed by atoms with Gasteiger partial charge < -0.3 is 14.3 Å². The third-order valence-corrected chi connectivity index (χ3v) is 2.50. The molecule has 13 heavy (non-hydrogen) atoms. The van der Waals surface area contributed by atoms with E-state index in [-0.39, 0.29) is 6.10 Å². The molecule has 72 valence electrons. The summed E-state index contributed by atoms with van der Waals surface area (Å²) >= 11 is 0. The van der Waals surface area contributed by atoms with Gasteiger partial charge in [0.05, 0.1) is 12.4 Å². The van der Waals surface area contributed by atoms with Crippen LogP contribution in [0.15, 0.2) is 22.8 Å². The van der Waals surface area contributed by atoms with Crippen LogP contribution in [0.1, 0.15) is 24.7 Å². The van der Waals surface area contributed by atoms with Crippen LogP contribution in [0.3, 0.4) is 0 Å². The molecule has 1 aliphatic rings. The van der Waals surface area contributed by atoms with E-state index >= 15 is 0 Å². The number of hydrogen-bond donors (Lipinski definition) is 1. The van der Waals surface area contributed by atoms with Crippen molar-refractivity contribution in [1.82, 2.24) is 0 Å². The summed E-state index contributed by atoms with van der Waals surface area (Å²) in [5.74, 6) is 1.10. The summed E-state index contributed by atoms with van der Waals surface area (Å²) in [6.45, 7) is 0. The molecule has 1 heterocycles. The first-order chi connectivity index (χ1) is 6.33. The van der Waals surface area contributed by atoms with Gasteiger partial charge in [-0.15, -0.1) is 0 Å². The SMILES string of the molecule is COC(C1CC1)C(O)c1ccco1. The first kappa shape index (κ1) is 8.78. The molecule has 0 bridgehead atoms. The molecule has 0 amide bonds. The summed E-state index contributed by atoms with van der Waals surface area (Å²) in [6, 6.07) is 3.55. The fraction of sp³-hybridized carbons (Fsp3) is 0.600. The molecule has 1 fully saturated rings. The molecule has 0 spiro atoms. The van der Waals surface area contributed by atoms with Gasteiger partial charge in [0.2, 0.25) is 0 Å². The molecular weight excluding hydrogens is 168 g/mol. The number of hydrogen-bond acceptors (Lipinski definition) is 3. The van der Waals surface area contributed by atoms with Crippen molar-refractivity contribution in [2.75, 3.05) is 7.11 Å². The lowest BCUT2D eigenvalue weighted by atomic mass is 10.1. The molecule has 1 aromatic heterocycles. The minimum absolute atomic E-state index is 0.105. The largest absolute Gasteiger partial charge is 0.466 e. The molecule has 0 aliphatic heterocycles. The Labute approximate surface area is 77.3 Å². The first-order valence-electron chi connectivity index (χ1n) is 4.57. The maximum Gasteiger partial charge on any atom is 0.138 e. The van der Waals surface area contributed by atoms with E-state index in [1.165, 1.54) is 0 Å². The Bertz CT molecular complexity index is 251. The van der Waals surface area contributed by atoms with Gasteiger partial charge in [-0.3, -0.25) is 0 Å². The van der Waals surface area contributed by atoms with Gasteiger partial charge in [-0.2, -0.15) is 0 Å². The van der Waals surface area contributed by atoms with Gasteiger partial charge in [-0.1, -0.05) is 0 Å². The van der Waals surface area contributed by atoms with Crippen molar-refractivity contribution >= 4 is 0 Å². The number of aliphatic hydroxyl groups is 1. The van der Waals surface area contributed by atoms with Crippen molar-refractivity contribution in [3.8, 4) is 0 Å². The number of furan rings is 1. The number of rotatable bonds is 4. The number of ether oxygens (including phenoxy) is 1. The van der Waals surface area contributed by atoms with Crippen molar-refractivity contribution in [3.63, 3.8) is 0 Å². The predicted molar refractivity (Wildman–Crippen MR) is 47.2 cm³/mol. The van der Waals surface area contributed by atoms with E-state index in [0.29, 0.717) is 11.7 Å². The minimum atomic E-state index is -0.618. The average molecular weight is 182 g/mol. The Kier molecular flexibility index (Phi) is 2.38. The maximum absolute atomic E-state index is 9.86. The second-order valence-electron chi connectivity index (χ2n) is 3.50. The monoisotopic (exact) mass is 182 g/mol.